The molecule has 0 fully saturated rings. The van der Waals surface area contributed by atoms with Crippen LogP contribution in [0.1, 0.15) is 29.4 Å². The molecular weight excluding hydrogens is 307 g/mol. The molecule has 2 aromatic rings. The number of carbonyl (C=O) groups is 1. The van der Waals surface area contributed by atoms with Gasteiger partial charge in [0.15, 0.2) is 0 Å². The third-order valence-corrected chi connectivity index (χ3v) is 4.30. The monoisotopic (exact) mass is 332 g/mol. The van der Waals surface area contributed by atoms with Gasteiger partial charge in [-0.1, -0.05) is 6.07 Å². The number of aromatic nitrogens is 2. The van der Waals surface area contributed by atoms with Crippen LogP contribution < -0.4 is 5.32 Å². The Hall–Kier alpha value is -2.37. The Balaban J connectivity index is 1.97. The highest BCUT2D eigenvalue weighted by atomic mass is 19.1. The summed E-state index contributed by atoms with van der Waals surface area (Å²) < 4.78 is 15.5. The highest BCUT2D eigenvalue weighted by Gasteiger charge is 2.14. The number of aryl methyl sites for hydroxylation is 3. The van der Waals surface area contributed by atoms with Crippen molar-refractivity contribution in [3.05, 3.63) is 46.5 Å². The van der Waals surface area contributed by atoms with Crippen molar-refractivity contribution in [3.63, 3.8) is 0 Å². The van der Waals surface area contributed by atoms with Crippen molar-refractivity contribution >= 4 is 11.7 Å². The van der Waals surface area contributed by atoms with Gasteiger partial charge in [0, 0.05) is 31.5 Å². The van der Waals surface area contributed by atoms with E-state index in [0.717, 1.165) is 24.4 Å². The summed E-state index contributed by atoms with van der Waals surface area (Å²) in [7, 11) is 1.73. The molecule has 0 unspecified atom stereocenters. The molecule has 0 aliphatic carbocycles. The van der Waals surface area contributed by atoms with Gasteiger partial charge in [-0.05, 0) is 57.4 Å². The first kappa shape index (κ1) is 18.0. The zero-order valence-electron chi connectivity index (χ0n) is 15.0. The lowest BCUT2D eigenvalue weighted by Crippen LogP contribution is -2.33. The molecule has 0 bridgehead atoms. The van der Waals surface area contributed by atoms with Gasteiger partial charge in [0.2, 0.25) is 0 Å². The lowest BCUT2D eigenvalue weighted by molar-refractivity contribution is 0.223. The molecule has 1 N–H and O–H groups in total. The van der Waals surface area contributed by atoms with E-state index in [9.17, 15) is 9.18 Å². The summed E-state index contributed by atoms with van der Waals surface area (Å²) >= 11 is 0. The summed E-state index contributed by atoms with van der Waals surface area (Å²) in [5.74, 6) is -0.325. The first-order chi connectivity index (χ1) is 11.3. The smallest absolute Gasteiger partial charge is 0.321 e. The number of nitrogens with zero attached hydrogens (tertiary/aromatic N) is 3. The molecule has 0 radical (unpaired) electrons. The van der Waals surface area contributed by atoms with Crippen molar-refractivity contribution in [2.45, 2.75) is 40.7 Å². The van der Waals surface area contributed by atoms with Gasteiger partial charge in [0.1, 0.15) is 5.82 Å². The number of hydrogen-bond donors (Lipinski definition) is 1. The van der Waals surface area contributed by atoms with Gasteiger partial charge in [-0.3, -0.25) is 4.68 Å². The molecule has 0 spiro atoms. The highest BCUT2D eigenvalue weighted by molar-refractivity contribution is 5.89. The highest BCUT2D eigenvalue weighted by Crippen LogP contribution is 2.16. The second-order valence-electron chi connectivity index (χ2n) is 6.03. The van der Waals surface area contributed by atoms with Crippen LogP contribution >= 0.6 is 0 Å². The molecule has 5 nitrogen and oxygen atoms in total. The van der Waals surface area contributed by atoms with Crippen LogP contribution in [0, 0.1) is 26.6 Å². The number of hydrogen-bond acceptors (Lipinski definition) is 2. The molecule has 0 atom stereocenters. The van der Waals surface area contributed by atoms with Gasteiger partial charge in [0.25, 0.3) is 0 Å². The predicted molar refractivity (Wildman–Crippen MR) is 93.9 cm³/mol. The Morgan fingerprint density at radius 3 is 2.62 bits per heavy atom. The maximum atomic E-state index is 13.6. The molecule has 130 valence electrons. The number of urea groups is 1. The number of likely N-dealkylation sites (N-methyl/N-ethyl adjacent to an activating group) is 1. The normalized spacial score (nSPS) is 10.8. The maximum Gasteiger partial charge on any atom is 0.321 e. The fourth-order valence-electron chi connectivity index (χ4n) is 2.67. The van der Waals surface area contributed by atoms with E-state index in [1.54, 1.807) is 31.0 Å². The minimum absolute atomic E-state index is 0.253. The number of benzene rings is 1. The molecule has 2 rings (SSSR count). The van der Waals surface area contributed by atoms with Crippen molar-refractivity contribution in [2.75, 3.05) is 18.9 Å². The van der Waals surface area contributed by atoms with Gasteiger partial charge in [-0.25, -0.2) is 9.18 Å². The maximum absolute atomic E-state index is 13.6. The van der Waals surface area contributed by atoms with Crippen molar-refractivity contribution in [1.82, 2.24) is 14.7 Å². The molecule has 2 amide bonds. The second kappa shape index (κ2) is 7.47. The summed E-state index contributed by atoms with van der Waals surface area (Å²) in [4.78, 5) is 13.8. The van der Waals surface area contributed by atoms with Crippen LogP contribution in [0.15, 0.2) is 18.2 Å². The number of halogens is 1. The fraction of sp³-hybridized carbons (Fsp3) is 0.444. The molecule has 0 saturated heterocycles. The van der Waals surface area contributed by atoms with Crippen LogP contribution in [0.2, 0.25) is 0 Å². The van der Waals surface area contributed by atoms with Crippen LogP contribution in [-0.4, -0.2) is 34.3 Å². The van der Waals surface area contributed by atoms with Crippen molar-refractivity contribution in [1.29, 1.82) is 0 Å². The fourth-order valence-corrected chi connectivity index (χ4v) is 2.67. The molecular formula is C18H25FN4O. The topological polar surface area (TPSA) is 50.2 Å². The molecule has 6 heteroatoms. The molecule has 0 aliphatic heterocycles. The number of amides is 2. The van der Waals surface area contributed by atoms with E-state index in [1.807, 2.05) is 18.5 Å². The zero-order valence-corrected chi connectivity index (χ0v) is 15.0. The van der Waals surface area contributed by atoms with Crippen LogP contribution in [0.3, 0.4) is 0 Å². The van der Waals surface area contributed by atoms with E-state index < -0.39 is 0 Å². The van der Waals surface area contributed by atoms with E-state index in [1.165, 1.54) is 11.6 Å². The van der Waals surface area contributed by atoms with Crippen molar-refractivity contribution in [3.8, 4) is 0 Å². The summed E-state index contributed by atoms with van der Waals surface area (Å²) in [6, 6.07) is 4.43. The number of anilines is 1. The lowest BCUT2D eigenvalue weighted by Gasteiger charge is -2.18. The molecule has 0 aliphatic rings. The zero-order chi connectivity index (χ0) is 17.9. The number of rotatable bonds is 5. The van der Waals surface area contributed by atoms with E-state index >= 15 is 0 Å². The first-order valence-electron chi connectivity index (χ1n) is 8.14. The minimum atomic E-state index is -0.325. The second-order valence-corrected chi connectivity index (χ2v) is 6.03. The SMILES string of the molecule is CCn1nc(C)c(CCN(C)C(=O)Nc2ccc(C)c(F)c2)c1C. The standard InChI is InChI=1S/C18H25FN4O/c1-6-23-14(4)16(13(3)21-23)9-10-22(5)18(24)20-15-8-7-12(2)17(19)11-15/h7-8,11H,6,9-10H2,1-5H3,(H,20,24). The molecule has 1 aromatic heterocycles. The van der Waals surface area contributed by atoms with Gasteiger partial charge < -0.3 is 10.2 Å². The number of carbonyl (C=O) groups excluding carboxylic acids is 1. The van der Waals surface area contributed by atoms with E-state index in [2.05, 4.69) is 17.3 Å². The summed E-state index contributed by atoms with van der Waals surface area (Å²) in [6.45, 7) is 9.19. The largest absolute Gasteiger partial charge is 0.327 e. The Morgan fingerprint density at radius 1 is 1.33 bits per heavy atom. The summed E-state index contributed by atoms with van der Waals surface area (Å²) in [5.41, 5.74) is 4.34. The van der Waals surface area contributed by atoms with E-state index in [4.69, 9.17) is 0 Å². The molecule has 0 saturated carbocycles. The van der Waals surface area contributed by atoms with Crippen LogP contribution in [0.4, 0.5) is 14.9 Å². The van der Waals surface area contributed by atoms with Crippen molar-refractivity contribution in [2.24, 2.45) is 0 Å². The van der Waals surface area contributed by atoms with Crippen LogP contribution in [0.25, 0.3) is 0 Å². The van der Waals surface area contributed by atoms with Gasteiger partial charge >= 0.3 is 6.03 Å². The first-order valence-corrected chi connectivity index (χ1v) is 8.14. The quantitative estimate of drug-likeness (QED) is 0.908. The van der Waals surface area contributed by atoms with Gasteiger partial charge in [-0.15, -0.1) is 0 Å². The van der Waals surface area contributed by atoms with Crippen molar-refractivity contribution < 1.29 is 9.18 Å². The molecule has 1 aromatic carbocycles. The Kier molecular flexibility index (Phi) is 5.59. The Labute approximate surface area is 142 Å². The van der Waals surface area contributed by atoms with Gasteiger partial charge in [0.05, 0.1) is 5.69 Å². The average Bonchev–Trinajstić information content (AvgIpc) is 2.82. The lowest BCUT2D eigenvalue weighted by atomic mass is 10.1. The third kappa shape index (κ3) is 3.93. The summed E-state index contributed by atoms with van der Waals surface area (Å²) in [6.07, 6.45) is 0.740. The van der Waals surface area contributed by atoms with Crippen LogP contribution in [0.5, 0.6) is 0 Å². The summed E-state index contributed by atoms with van der Waals surface area (Å²) in [5, 5.41) is 7.21. The Morgan fingerprint density at radius 2 is 2.04 bits per heavy atom. The Bertz CT molecular complexity index is 739. The average molecular weight is 332 g/mol. The van der Waals surface area contributed by atoms with Gasteiger partial charge in [-0.2, -0.15) is 5.10 Å². The number of nitrogens with one attached hydrogen (secondary N) is 1. The minimum Gasteiger partial charge on any atom is -0.327 e. The van der Waals surface area contributed by atoms with Crippen LogP contribution in [-0.2, 0) is 13.0 Å². The molecule has 1 heterocycles. The third-order valence-electron chi connectivity index (χ3n) is 4.30. The predicted octanol–water partition coefficient (Wildman–Crippen LogP) is 3.67. The van der Waals surface area contributed by atoms with E-state index in [0.29, 0.717) is 17.8 Å². The van der Waals surface area contributed by atoms with E-state index in [-0.39, 0.29) is 11.8 Å². The molecule has 24 heavy (non-hydrogen) atoms.